The molecule has 23 heavy (non-hydrogen) atoms. The summed E-state index contributed by atoms with van der Waals surface area (Å²) >= 11 is 1.52. The summed E-state index contributed by atoms with van der Waals surface area (Å²) in [5.74, 6) is 1.95. The minimum absolute atomic E-state index is 0.486. The van der Waals surface area contributed by atoms with E-state index in [0.29, 0.717) is 5.95 Å². The highest BCUT2D eigenvalue weighted by atomic mass is 32.2. The normalized spacial score (nSPS) is 10.6. The lowest BCUT2D eigenvalue weighted by Gasteiger charge is -2.10. The summed E-state index contributed by atoms with van der Waals surface area (Å²) in [6, 6.07) is 9.46. The first-order valence-electron chi connectivity index (χ1n) is 6.96. The van der Waals surface area contributed by atoms with Crippen LogP contribution in [0.4, 0.5) is 11.6 Å². The Morgan fingerprint density at radius 3 is 2.83 bits per heavy atom. The molecule has 1 N–H and O–H groups in total. The molecule has 0 radical (unpaired) electrons. The van der Waals surface area contributed by atoms with Crippen LogP contribution in [0.15, 0.2) is 46.1 Å². The van der Waals surface area contributed by atoms with Crippen LogP contribution < -0.4 is 10.1 Å². The van der Waals surface area contributed by atoms with Crippen molar-refractivity contribution in [2.75, 3.05) is 18.7 Å². The molecule has 0 bridgehead atoms. The third-order valence-corrected chi connectivity index (χ3v) is 3.96. The van der Waals surface area contributed by atoms with Crippen LogP contribution in [0, 0.1) is 6.92 Å². The Hall–Kier alpha value is -2.54. The number of hydrogen-bond acceptors (Lipinski definition) is 7. The number of ether oxygens (including phenoxy) is 1. The molecule has 0 aliphatic rings. The number of rotatable bonds is 5. The Kier molecular flexibility index (Phi) is 4.47. The van der Waals surface area contributed by atoms with Gasteiger partial charge < -0.3 is 14.6 Å². The molecule has 7 heteroatoms. The first-order valence-corrected chi connectivity index (χ1v) is 8.19. The SMILES string of the molecule is COc1ccccc1Nc1nccc(-c2c(SC)noc2C)n1. The first-order chi connectivity index (χ1) is 11.2. The average molecular weight is 328 g/mol. The number of para-hydroxylation sites is 2. The number of anilines is 2. The van der Waals surface area contributed by atoms with Gasteiger partial charge in [-0.05, 0) is 31.4 Å². The fourth-order valence-electron chi connectivity index (χ4n) is 2.21. The minimum Gasteiger partial charge on any atom is -0.495 e. The summed E-state index contributed by atoms with van der Waals surface area (Å²) in [5, 5.41) is 8.03. The monoisotopic (exact) mass is 328 g/mol. The maximum Gasteiger partial charge on any atom is 0.227 e. The fraction of sp³-hybridized carbons (Fsp3) is 0.188. The molecular formula is C16H16N4O2S. The molecule has 3 rings (SSSR count). The fourth-order valence-corrected chi connectivity index (χ4v) is 2.77. The molecule has 0 fully saturated rings. The van der Waals surface area contributed by atoms with Gasteiger partial charge in [0.25, 0.3) is 0 Å². The number of hydrogen-bond donors (Lipinski definition) is 1. The van der Waals surface area contributed by atoms with Crippen LogP contribution in [0.5, 0.6) is 5.75 Å². The summed E-state index contributed by atoms with van der Waals surface area (Å²) in [6.45, 7) is 1.87. The molecular weight excluding hydrogens is 312 g/mol. The largest absolute Gasteiger partial charge is 0.495 e. The topological polar surface area (TPSA) is 73.1 Å². The third-order valence-electron chi connectivity index (χ3n) is 3.29. The summed E-state index contributed by atoms with van der Waals surface area (Å²) in [4.78, 5) is 8.83. The van der Waals surface area contributed by atoms with Gasteiger partial charge in [-0.25, -0.2) is 9.97 Å². The van der Waals surface area contributed by atoms with E-state index in [0.717, 1.165) is 33.5 Å². The molecule has 0 aliphatic heterocycles. The highest BCUT2D eigenvalue weighted by Gasteiger charge is 2.16. The summed E-state index contributed by atoms with van der Waals surface area (Å²) < 4.78 is 10.6. The van der Waals surface area contributed by atoms with Gasteiger partial charge in [0, 0.05) is 6.20 Å². The van der Waals surface area contributed by atoms with Gasteiger partial charge in [0.2, 0.25) is 5.95 Å². The first kappa shape index (κ1) is 15.4. The number of nitrogens with one attached hydrogen (secondary N) is 1. The van der Waals surface area contributed by atoms with Gasteiger partial charge in [-0.1, -0.05) is 17.3 Å². The molecule has 118 valence electrons. The molecule has 2 aromatic heterocycles. The van der Waals surface area contributed by atoms with Crippen molar-refractivity contribution in [3.8, 4) is 17.0 Å². The molecule has 3 aromatic rings. The van der Waals surface area contributed by atoms with Crippen LogP contribution in [0.2, 0.25) is 0 Å². The van der Waals surface area contributed by atoms with Gasteiger partial charge in [-0.3, -0.25) is 0 Å². The number of aromatic nitrogens is 3. The number of benzene rings is 1. The second-order valence-electron chi connectivity index (χ2n) is 4.71. The van der Waals surface area contributed by atoms with Crippen molar-refractivity contribution < 1.29 is 9.26 Å². The van der Waals surface area contributed by atoms with Crippen molar-refractivity contribution in [2.45, 2.75) is 11.9 Å². The van der Waals surface area contributed by atoms with Crippen LogP contribution in [-0.4, -0.2) is 28.5 Å². The molecule has 6 nitrogen and oxygen atoms in total. The van der Waals surface area contributed by atoms with Crippen LogP contribution in [-0.2, 0) is 0 Å². The second-order valence-corrected chi connectivity index (χ2v) is 5.51. The van der Waals surface area contributed by atoms with E-state index in [1.807, 2.05) is 43.5 Å². The molecule has 1 aromatic carbocycles. The zero-order chi connectivity index (χ0) is 16.2. The zero-order valence-electron chi connectivity index (χ0n) is 13.0. The van der Waals surface area contributed by atoms with E-state index in [1.165, 1.54) is 11.8 Å². The van der Waals surface area contributed by atoms with E-state index in [-0.39, 0.29) is 0 Å². The van der Waals surface area contributed by atoms with Crippen molar-refractivity contribution in [3.05, 3.63) is 42.3 Å². The number of methoxy groups -OCH3 is 1. The summed E-state index contributed by atoms with van der Waals surface area (Å²) in [6.07, 6.45) is 3.66. The summed E-state index contributed by atoms with van der Waals surface area (Å²) in [7, 11) is 1.63. The van der Waals surface area contributed by atoms with Crippen molar-refractivity contribution in [3.63, 3.8) is 0 Å². The summed E-state index contributed by atoms with van der Waals surface area (Å²) in [5.41, 5.74) is 2.46. The molecule has 2 heterocycles. The van der Waals surface area contributed by atoms with Gasteiger partial charge in [0.05, 0.1) is 24.1 Å². The Balaban J connectivity index is 1.96. The number of aryl methyl sites for hydroxylation is 1. The van der Waals surface area contributed by atoms with Gasteiger partial charge in [-0.2, -0.15) is 0 Å². The van der Waals surface area contributed by atoms with Crippen LogP contribution in [0.3, 0.4) is 0 Å². The van der Waals surface area contributed by atoms with Crippen molar-refractivity contribution in [1.29, 1.82) is 0 Å². The number of nitrogens with zero attached hydrogens (tertiary/aromatic N) is 3. The van der Waals surface area contributed by atoms with Crippen LogP contribution in [0.1, 0.15) is 5.76 Å². The van der Waals surface area contributed by atoms with Crippen LogP contribution >= 0.6 is 11.8 Å². The standard InChI is InChI=1S/C16H16N4O2S/c1-10-14(15(23-3)20-22-10)12-8-9-17-16(19-12)18-11-6-4-5-7-13(11)21-2/h4-9H,1-3H3,(H,17,18,19). The number of thioether (sulfide) groups is 1. The van der Waals surface area contributed by atoms with E-state index >= 15 is 0 Å². The van der Waals surface area contributed by atoms with E-state index in [2.05, 4.69) is 20.4 Å². The van der Waals surface area contributed by atoms with Crippen molar-refractivity contribution in [2.24, 2.45) is 0 Å². The zero-order valence-corrected chi connectivity index (χ0v) is 13.8. The smallest absolute Gasteiger partial charge is 0.227 e. The lowest BCUT2D eigenvalue weighted by molar-refractivity contribution is 0.384. The van der Waals surface area contributed by atoms with E-state index in [1.54, 1.807) is 13.3 Å². The molecule has 0 aliphatic carbocycles. The molecule has 0 saturated carbocycles. The Morgan fingerprint density at radius 1 is 1.22 bits per heavy atom. The molecule has 0 spiro atoms. The highest BCUT2D eigenvalue weighted by Crippen LogP contribution is 2.32. The Labute approximate surface area is 138 Å². The van der Waals surface area contributed by atoms with E-state index in [9.17, 15) is 0 Å². The Bertz CT molecular complexity index is 819. The van der Waals surface area contributed by atoms with Gasteiger partial charge in [-0.15, -0.1) is 11.8 Å². The van der Waals surface area contributed by atoms with E-state index < -0.39 is 0 Å². The quantitative estimate of drug-likeness (QED) is 0.712. The van der Waals surface area contributed by atoms with Gasteiger partial charge in [0.15, 0.2) is 0 Å². The lowest BCUT2D eigenvalue weighted by Crippen LogP contribution is -2.00. The van der Waals surface area contributed by atoms with Gasteiger partial charge in [0.1, 0.15) is 16.5 Å². The molecule has 0 atom stereocenters. The molecule has 0 unspecified atom stereocenters. The van der Waals surface area contributed by atoms with Crippen molar-refractivity contribution in [1.82, 2.24) is 15.1 Å². The highest BCUT2D eigenvalue weighted by molar-refractivity contribution is 7.98. The van der Waals surface area contributed by atoms with E-state index in [4.69, 9.17) is 9.26 Å². The van der Waals surface area contributed by atoms with Gasteiger partial charge >= 0.3 is 0 Å². The molecule has 0 amide bonds. The second kappa shape index (κ2) is 6.70. The maximum atomic E-state index is 5.33. The predicted molar refractivity (Wildman–Crippen MR) is 90.3 cm³/mol. The Morgan fingerprint density at radius 2 is 2.04 bits per heavy atom. The molecule has 0 saturated heterocycles. The van der Waals surface area contributed by atoms with Crippen molar-refractivity contribution >= 4 is 23.4 Å². The predicted octanol–water partition coefficient (Wildman–Crippen LogP) is 3.91. The minimum atomic E-state index is 0.486. The maximum absolute atomic E-state index is 5.33. The van der Waals surface area contributed by atoms with Crippen LogP contribution in [0.25, 0.3) is 11.3 Å². The lowest BCUT2D eigenvalue weighted by atomic mass is 10.2. The third kappa shape index (κ3) is 3.14. The average Bonchev–Trinajstić information content (AvgIpc) is 2.96.